The number of carbonyl (C=O) groups is 2. The minimum Gasteiger partial charge on any atom is -0.449 e. The van der Waals surface area contributed by atoms with Crippen molar-refractivity contribution in [2.45, 2.75) is 34.6 Å². The van der Waals surface area contributed by atoms with E-state index in [2.05, 4.69) is 59.0 Å². The maximum absolute atomic E-state index is 10.7. The Labute approximate surface area is 133 Å². The summed E-state index contributed by atoms with van der Waals surface area (Å²) in [5.41, 5.74) is 6.87. The second-order valence-electron chi connectivity index (χ2n) is 4.08. The lowest BCUT2D eigenvalue weighted by atomic mass is 10.2. The Hall–Kier alpha value is -2.08. The summed E-state index contributed by atoms with van der Waals surface area (Å²) < 4.78 is 4.49. The van der Waals surface area contributed by atoms with Crippen molar-refractivity contribution < 1.29 is 14.3 Å². The molecule has 1 rings (SSSR count). The molecule has 1 aromatic carbocycles. The van der Waals surface area contributed by atoms with Gasteiger partial charge in [0.2, 0.25) is 0 Å². The van der Waals surface area contributed by atoms with Crippen LogP contribution in [0.2, 0.25) is 0 Å². The quantitative estimate of drug-likeness (QED) is 0.748. The van der Waals surface area contributed by atoms with E-state index in [1.54, 1.807) is 14.0 Å². The molecule has 0 saturated heterocycles. The van der Waals surface area contributed by atoms with Crippen LogP contribution in [0.4, 0.5) is 4.79 Å². The fraction of sp³-hybridized carbons (Fsp3) is 0.500. The van der Waals surface area contributed by atoms with Crippen molar-refractivity contribution in [1.82, 2.24) is 16.2 Å². The standard InChI is InChI=1S/C8H10.C6H13N3O3.C2H6/c1-7-3-5-8(2)6-4-7;1-3-12-6(11)9-8-5(10)4-7-2;1-2/h3-6H,1-2H3;7H,3-4H2,1-2H3,(H,8,10)(H,9,11);1-2H3. The summed E-state index contributed by atoms with van der Waals surface area (Å²) in [7, 11) is 1.63. The van der Waals surface area contributed by atoms with Crippen molar-refractivity contribution >= 4 is 12.0 Å². The zero-order chi connectivity index (χ0) is 17.4. The molecular formula is C16H29N3O3. The molecule has 2 amide bonds. The van der Waals surface area contributed by atoms with Gasteiger partial charge in [0.15, 0.2) is 0 Å². The number of rotatable bonds is 3. The second kappa shape index (κ2) is 15.3. The minimum absolute atomic E-state index is 0.145. The van der Waals surface area contributed by atoms with E-state index in [0.29, 0.717) is 0 Å². The van der Waals surface area contributed by atoms with Crippen LogP contribution in [0.3, 0.4) is 0 Å². The van der Waals surface area contributed by atoms with Crippen LogP contribution in [0.5, 0.6) is 0 Å². The van der Waals surface area contributed by atoms with Gasteiger partial charge in [-0.25, -0.2) is 10.2 Å². The lowest BCUT2D eigenvalue weighted by molar-refractivity contribution is -0.121. The molecule has 0 radical (unpaired) electrons. The van der Waals surface area contributed by atoms with Crippen LogP contribution < -0.4 is 16.2 Å². The predicted octanol–water partition coefficient (Wildman–Crippen LogP) is 2.31. The van der Waals surface area contributed by atoms with Gasteiger partial charge in [-0.05, 0) is 27.8 Å². The Morgan fingerprint density at radius 1 is 1.00 bits per heavy atom. The average molecular weight is 311 g/mol. The van der Waals surface area contributed by atoms with Crippen molar-refractivity contribution in [3.05, 3.63) is 35.4 Å². The van der Waals surface area contributed by atoms with Gasteiger partial charge in [-0.2, -0.15) is 0 Å². The molecule has 1 aromatic rings. The highest BCUT2D eigenvalue weighted by atomic mass is 16.5. The first-order valence-corrected chi connectivity index (χ1v) is 7.39. The molecule has 6 nitrogen and oxygen atoms in total. The molecule has 0 atom stereocenters. The molecule has 6 heteroatoms. The van der Waals surface area contributed by atoms with Gasteiger partial charge in [-0.15, -0.1) is 0 Å². The van der Waals surface area contributed by atoms with E-state index in [4.69, 9.17) is 0 Å². The summed E-state index contributed by atoms with van der Waals surface area (Å²) in [5, 5.41) is 2.62. The normalized spacial score (nSPS) is 8.45. The Balaban J connectivity index is 0. The van der Waals surface area contributed by atoms with E-state index in [1.165, 1.54) is 11.1 Å². The molecule has 126 valence electrons. The molecule has 0 heterocycles. The van der Waals surface area contributed by atoms with Gasteiger partial charge < -0.3 is 10.1 Å². The first kappa shape index (κ1) is 22.2. The topological polar surface area (TPSA) is 79.5 Å². The van der Waals surface area contributed by atoms with Gasteiger partial charge >= 0.3 is 6.09 Å². The maximum atomic E-state index is 10.7. The zero-order valence-electron chi connectivity index (χ0n) is 14.4. The summed E-state index contributed by atoms with van der Waals surface area (Å²) in [6.45, 7) is 10.3. The molecule has 0 aromatic heterocycles. The minimum atomic E-state index is -0.665. The molecule has 22 heavy (non-hydrogen) atoms. The molecule has 0 saturated carbocycles. The fourth-order valence-corrected chi connectivity index (χ4v) is 1.13. The van der Waals surface area contributed by atoms with Crippen LogP contribution in [0, 0.1) is 13.8 Å². The summed E-state index contributed by atoms with van der Waals surface area (Å²) in [5.74, 6) is -0.328. The van der Waals surface area contributed by atoms with Crippen LogP contribution in [0.15, 0.2) is 24.3 Å². The highest BCUT2D eigenvalue weighted by Crippen LogP contribution is 1.99. The Bertz CT molecular complexity index is 367. The first-order valence-electron chi connectivity index (χ1n) is 7.39. The number of amides is 2. The highest BCUT2D eigenvalue weighted by Gasteiger charge is 2.01. The number of benzene rings is 1. The SMILES string of the molecule is CC.CCOC(=O)NNC(=O)CNC.Cc1ccc(C)cc1. The van der Waals surface area contributed by atoms with Gasteiger partial charge in [-0.3, -0.25) is 10.2 Å². The number of likely N-dealkylation sites (N-methyl/N-ethyl adjacent to an activating group) is 1. The van der Waals surface area contributed by atoms with Crippen molar-refractivity contribution in [1.29, 1.82) is 0 Å². The summed E-state index contributed by atoms with van der Waals surface area (Å²) in [4.78, 5) is 21.3. The van der Waals surface area contributed by atoms with E-state index in [0.717, 1.165) is 0 Å². The number of carbonyl (C=O) groups excluding carboxylic acids is 2. The van der Waals surface area contributed by atoms with Gasteiger partial charge in [0, 0.05) is 0 Å². The molecule has 0 bridgehead atoms. The van der Waals surface area contributed by atoms with Gasteiger partial charge in [0.1, 0.15) is 0 Å². The Morgan fingerprint density at radius 3 is 1.82 bits per heavy atom. The van der Waals surface area contributed by atoms with E-state index in [9.17, 15) is 9.59 Å². The van der Waals surface area contributed by atoms with Gasteiger partial charge in [0.25, 0.3) is 5.91 Å². The molecule has 0 fully saturated rings. The predicted molar refractivity (Wildman–Crippen MR) is 89.5 cm³/mol. The molecule has 0 aliphatic carbocycles. The Kier molecular flexibility index (Phi) is 15.5. The van der Waals surface area contributed by atoms with E-state index >= 15 is 0 Å². The molecular weight excluding hydrogens is 282 g/mol. The fourth-order valence-electron chi connectivity index (χ4n) is 1.13. The third kappa shape index (κ3) is 14.3. The third-order valence-corrected chi connectivity index (χ3v) is 2.13. The summed E-state index contributed by atoms with van der Waals surface area (Å²) in [6, 6.07) is 8.48. The lowest BCUT2D eigenvalue weighted by Crippen LogP contribution is -2.45. The van der Waals surface area contributed by atoms with Crippen LogP contribution >= 0.6 is 0 Å². The zero-order valence-corrected chi connectivity index (χ0v) is 14.4. The third-order valence-electron chi connectivity index (χ3n) is 2.13. The summed E-state index contributed by atoms with van der Waals surface area (Å²) >= 11 is 0. The van der Waals surface area contributed by atoms with Crippen molar-refractivity contribution in [3.8, 4) is 0 Å². The van der Waals surface area contributed by atoms with Crippen LogP contribution in [-0.4, -0.2) is 32.2 Å². The second-order valence-corrected chi connectivity index (χ2v) is 4.08. The van der Waals surface area contributed by atoms with Gasteiger partial charge in [-0.1, -0.05) is 49.2 Å². The monoisotopic (exact) mass is 311 g/mol. The maximum Gasteiger partial charge on any atom is 0.426 e. The van der Waals surface area contributed by atoms with Crippen LogP contribution in [-0.2, 0) is 9.53 Å². The molecule has 3 N–H and O–H groups in total. The number of aryl methyl sites for hydroxylation is 2. The van der Waals surface area contributed by atoms with Crippen molar-refractivity contribution in [3.63, 3.8) is 0 Å². The largest absolute Gasteiger partial charge is 0.449 e. The van der Waals surface area contributed by atoms with E-state index < -0.39 is 6.09 Å². The summed E-state index contributed by atoms with van der Waals surface area (Å²) in [6.07, 6.45) is -0.665. The number of hydrazine groups is 1. The highest BCUT2D eigenvalue weighted by molar-refractivity contribution is 5.80. The van der Waals surface area contributed by atoms with Crippen molar-refractivity contribution in [2.24, 2.45) is 0 Å². The number of hydrogen-bond acceptors (Lipinski definition) is 4. The first-order chi connectivity index (χ1) is 10.5. The van der Waals surface area contributed by atoms with Crippen molar-refractivity contribution in [2.75, 3.05) is 20.2 Å². The van der Waals surface area contributed by atoms with Crippen LogP contribution in [0.1, 0.15) is 31.9 Å². The van der Waals surface area contributed by atoms with E-state index in [-0.39, 0.29) is 19.1 Å². The number of hydrogen-bond donors (Lipinski definition) is 3. The lowest BCUT2D eigenvalue weighted by Gasteiger charge is -2.05. The molecule has 0 spiro atoms. The Morgan fingerprint density at radius 2 is 1.45 bits per heavy atom. The molecule has 0 aliphatic heterocycles. The van der Waals surface area contributed by atoms with E-state index in [1.807, 2.05) is 13.8 Å². The average Bonchev–Trinajstić information content (AvgIpc) is 2.51. The van der Waals surface area contributed by atoms with Gasteiger partial charge in [0.05, 0.1) is 13.2 Å². The number of nitrogens with one attached hydrogen (secondary N) is 3. The smallest absolute Gasteiger partial charge is 0.426 e. The number of ether oxygens (including phenoxy) is 1. The molecule has 0 unspecified atom stereocenters. The molecule has 0 aliphatic rings. The van der Waals surface area contributed by atoms with Crippen LogP contribution in [0.25, 0.3) is 0 Å².